The number of hydrogen-bond acceptors (Lipinski definition) is 3. The van der Waals surface area contributed by atoms with Gasteiger partial charge < -0.3 is 0 Å². The Kier molecular flexibility index (Phi) is 2.92. The van der Waals surface area contributed by atoms with Gasteiger partial charge >= 0.3 is 0 Å². The van der Waals surface area contributed by atoms with Crippen LogP contribution in [0.2, 0.25) is 0 Å². The predicted molar refractivity (Wildman–Crippen MR) is 67.9 cm³/mol. The van der Waals surface area contributed by atoms with Gasteiger partial charge in [-0.1, -0.05) is 32.9 Å². The van der Waals surface area contributed by atoms with E-state index in [1.165, 1.54) is 0 Å². The third kappa shape index (κ3) is 2.18. The first kappa shape index (κ1) is 11.7. The van der Waals surface area contributed by atoms with Gasteiger partial charge in [0.2, 0.25) is 0 Å². The maximum absolute atomic E-state index is 12.2. The van der Waals surface area contributed by atoms with Gasteiger partial charge in [-0.2, -0.15) is 0 Å². The minimum atomic E-state index is -0.378. The average molecular weight is 228 g/mol. The zero-order valence-corrected chi connectivity index (χ0v) is 10.4. The van der Waals surface area contributed by atoms with Gasteiger partial charge in [0.15, 0.2) is 5.78 Å². The number of carbonyl (C=O) groups is 1. The third-order valence-electron chi connectivity index (χ3n) is 3.18. The molecule has 0 aliphatic rings. The fourth-order valence-electron chi connectivity index (χ4n) is 1.57. The number of hydrogen-bond donors (Lipinski definition) is 0. The topological polar surface area (TPSA) is 42.9 Å². The van der Waals surface area contributed by atoms with Crippen LogP contribution in [0.25, 0.3) is 11.0 Å². The van der Waals surface area contributed by atoms with Gasteiger partial charge in [0.1, 0.15) is 5.69 Å². The van der Waals surface area contributed by atoms with Crippen molar-refractivity contribution in [2.75, 3.05) is 0 Å². The van der Waals surface area contributed by atoms with E-state index in [9.17, 15) is 4.79 Å². The number of carbonyl (C=O) groups excluding carboxylic acids is 1. The van der Waals surface area contributed by atoms with Crippen molar-refractivity contribution in [2.45, 2.75) is 27.2 Å². The van der Waals surface area contributed by atoms with Crippen molar-refractivity contribution in [2.24, 2.45) is 5.41 Å². The molecule has 0 N–H and O–H groups in total. The zero-order chi connectivity index (χ0) is 12.5. The van der Waals surface area contributed by atoms with E-state index in [0.717, 1.165) is 17.5 Å². The minimum Gasteiger partial charge on any atom is -0.292 e. The molecule has 0 bridgehead atoms. The van der Waals surface area contributed by atoms with Crippen LogP contribution in [0.5, 0.6) is 0 Å². The van der Waals surface area contributed by atoms with E-state index >= 15 is 0 Å². The fraction of sp³-hybridized carbons (Fsp3) is 0.357. The first-order chi connectivity index (χ1) is 8.04. The summed E-state index contributed by atoms with van der Waals surface area (Å²) in [5.41, 5.74) is 1.66. The van der Waals surface area contributed by atoms with Gasteiger partial charge in [-0.05, 0) is 18.6 Å². The number of benzene rings is 1. The second kappa shape index (κ2) is 4.24. The van der Waals surface area contributed by atoms with Crippen molar-refractivity contribution < 1.29 is 4.79 Å². The third-order valence-corrected chi connectivity index (χ3v) is 3.18. The van der Waals surface area contributed by atoms with E-state index in [0.29, 0.717) is 5.69 Å². The standard InChI is InChI=1S/C14H16N2O/c1-4-14(2,3)13(17)12-9-15-10-7-5-6-8-11(10)16-12/h5-9H,4H2,1-3H3. The Morgan fingerprint density at radius 1 is 1.24 bits per heavy atom. The smallest absolute Gasteiger partial charge is 0.188 e. The molecule has 0 aliphatic heterocycles. The molecule has 88 valence electrons. The van der Waals surface area contributed by atoms with Crippen LogP contribution >= 0.6 is 0 Å². The number of fused-ring (bicyclic) bond motifs is 1. The normalized spacial score (nSPS) is 11.7. The van der Waals surface area contributed by atoms with E-state index in [1.54, 1.807) is 6.20 Å². The van der Waals surface area contributed by atoms with Crippen molar-refractivity contribution >= 4 is 16.8 Å². The zero-order valence-electron chi connectivity index (χ0n) is 10.4. The molecule has 0 aliphatic carbocycles. The molecular formula is C14H16N2O. The monoisotopic (exact) mass is 228 g/mol. The minimum absolute atomic E-state index is 0.0539. The second-order valence-electron chi connectivity index (χ2n) is 4.81. The predicted octanol–water partition coefficient (Wildman–Crippen LogP) is 3.25. The summed E-state index contributed by atoms with van der Waals surface area (Å²) in [5, 5.41) is 0. The van der Waals surface area contributed by atoms with Crippen molar-refractivity contribution in [3.05, 3.63) is 36.2 Å². The van der Waals surface area contributed by atoms with Gasteiger partial charge in [-0.25, -0.2) is 4.98 Å². The van der Waals surface area contributed by atoms with Crippen LogP contribution in [0, 0.1) is 5.41 Å². The first-order valence-electron chi connectivity index (χ1n) is 5.81. The quantitative estimate of drug-likeness (QED) is 0.757. The van der Waals surface area contributed by atoms with Crippen LogP contribution in [0.3, 0.4) is 0 Å². The highest BCUT2D eigenvalue weighted by molar-refractivity contribution is 5.99. The lowest BCUT2D eigenvalue weighted by Crippen LogP contribution is -2.24. The lowest BCUT2D eigenvalue weighted by Gasteiger charge is -2.19. The summed E-state index contributed by atoms with van der Waals surface area (Å²) in [6.07, 6.45) is 2.36. The van der Waals surface area contributed by atoms with E-state index in [4.69, 9.17) is 0 Å². The van der Waals surface area contributed by atoms with Crippen molar-refractivity contribution in [3.8, 4) is 0 Å². The molecule has 0 radical (unpaired) electrons. The number of Topliss-reactive ketones (excluding diaryl/α,β-unsaturated/α-hetero) is 1. The van der Waals surface area contributed by atoms with E-state index in [2.05, 4.69) is 9.97 Å². The Morgan fingerprint density at radius 2 is 1.88 bits per heavy atom. The summed E-state index contributed by atoms with van der Waals surface area (Å²) in [4.78, 5) is 20.9. The van der Waals surface area contributed by atoms with E-state index in [1.807, 2.05) is 45.0 Å². The Hall–Kier alpha value is -1.77. The molecule has 2 rings (SSSR count). The average Bonchev–Trinajstić information content (AvgIpc) is 2.37. The Morgan fingerprint density at radius 3 is 2.53 bits per heavy atom. The highest BCUT2D eigenvalue weighted by Crippen LogP contribution is 2.25. The van der Waals surface area contributed by atoms with Gasteiger partial charge in [0, 0.05) is 5.41 Å². The summed E-state index contributed by atoms with van der Waals surface area (Å²) in [6.45, 7) is 5.88. The molecule has 0 spiro atoms. The van der Waals surface area contributed by atoms with Crippen LogP contribution in [-0.2, 0) is 0 Å². The summed E-state index contributed by atoms with van der Waals surface area (Å²) in [6, 6.07) is 7.57. The van der Waals surface area contributed by atoms with Crippen molar-refractivity contribution in [1.29, 1.82) is 0 Å². The summed E-state index contributed by atoms with van der Waals surface area (Å²) < 4.78 is 0. The molecule has 0 amide bonds. The molecule has 0 saturated carbocycles. The summed E-state index contributed by atoms with van der Waals surface area (Å²) in [5.74, 6) is 0.0539. The largest absolute Gasteiger partial charge is 0.292 e. The van der Waals surface area contributed by atoms with Gasteiger partial charge in [-0.3, -0.25) is 9.78 Å². The van der Waals surface area contributed by atoms with Gasteiger partial charge in [0.25, 0.3) is 0 Å². The lowest BCUT2D eigenvalue weighted by molar-refractivity contribution is 0.0827. The molecule has 2 aromatic rings. The van der Waals surface area contributed by atoms with Crippen molar-refractivity contribution in [3.63, 3.8) is 0 Å². The second-order valence-corrected chi connectivity index (χ2v) is 4.81. The van der Waals surface area contributed by atoms with Gasteiger partial charge in [-0.15, -0.1) is 0 Å². The molecule has 1 aromatic heterocycles. The number of aromatic nitrogens is 2. The first-order valence-corrected chi connectivity index (χ1v) is 5.81. The number of rotatable bonds is 3. The van der Waals surface area contributed by atoms with Gasteiger partial charge in [0.05, 0.1) is 17.2 Å². The van der Waals surface area contributed by atoms with Crippen LogP contribution in [0.1, 0.15) is 37.7 Å². The fourth-order valence-corrected chi connectivity index (χ4v) is 1.57. The molecule has 1 aromatic carbocycles. The SMILES string of the molecule is CCC(C)(C)C(=O)c1cnc2ccccc2n1. The van der Waals surface area contributed by atoms with Crippen LogP contribution in [0.15, 0.2) is 30.5 Å². The molecule has 0 unspecified atom stereocenters. The van der Waals surface area contributed by atoms with E-state index < -0.39 is 0 Å². The summed E-state index contributed by atoms with van der Waals surface area (Å²) >= 11 is 0. The molecule has 17 heavy (non-hydrogen) atoms. The number of para-hydroxylation sites is 2. The maximum atomic E-state index is 12.2. The highest BCUT2D eigenvalue weighted by atomic mass is 16.1. The highest BCUT2D eigenvalue weighted by Gasteiger charge is 2.27. The number of nitrogens with zero attached hydrogens (tertiary/aromatic N) is 2. The van der Waals surface area contributed by atoms with Crippen LogP contribution in [0.4, 0.5) is 0 Å². The Labute approximate surface area is 101 Å². The molecule has 0 atom stereocenters. The molecule has 3 heteroatoms. The molecular weight excluding hydrogens is 212 g/mol. The van der Waals surface area contributed by atoms with Crippen molar-refractivity contribution in [1.82, 2.24) is 9.97 Å². The molecule has 0 fully saturated rings. The molecule has 3 nitrogen and oxygen atoms in total. The number of ketones is 1. The molecule has 0 saturated heterocycles. The lowest BCUT2D eigenvalue weighted by atomic mass is 9.84. The van der Waals surface area contributed by atoms with Crippen LogP contribution < -0.4 is 0 Å². The summed E-state index contributed by atoms with van der Waals surface area (Å²) in [7, 11) is 0. The van der Waals surface area contributed by atoms with E-state index in [-0.39, 0.29) is 11.2 Å². The Bertz CT molecular complexity index is 561. The van der Waals surface area contributed by atoms with Crippen LogP contribution in [-0.4, -0.2) is 15.8 Å². The maximum Gasteiger partial charge on any atom is 0.188 e. The molecule has 1 heterocycles. The Balaban J connectivity index is 2.47.